The van der Waals surface area contributed by atoms with E-state index in [0.717, 1.165) is 43.9 Å². The van der Waals surface area contributed by atoms with E-state index in [0.29, 0.717) is 11.3 Å². The van der Waals surface area contributed by atoms with Gasteiger partial charge >= 0.3 is 0 Å². The number of piperazine rings is 1. The van der Waals surface area contributed by atoms with Gasteiger partial charge in [-0.25, -0.2) is 0 Å². The number of ether oxygens (including phenoxy) is 1. The quantitative estimate of drug-likeness (QED) is 0.792. The maximum Gasteiger partial charge on any atom is 0.193 e. The molecular weight excluding hydrogens is 300 g/mol. The summed E-state index contributed by atoms with van der Waals surface area (Å²) >= 11 is 0. The number of nitrogens with zero attached hydrogens (tertiary/aromatic N) is 2. The predicted octanol–water partition coefficient (Wildman–Crippen LogP) is 2.67. The Morgan fingerprint density at radius 3 is 2.54 bits per heavy atom. The Balaban J connectivity index is 1.81. The van der Waals surface area contributed by atoms with Gasteiger partial charge in [-0.05, 0) is 24.7 Å². The minimum absolute atomic E-state index is 0.0543. The molecular formula is C20H24N2O2. The second kappa shape index (κ2) is 7.60. The largest absolute Gasteiger partial charge is 0.497 e. The van der Waals surface area contributed by atoms with E-state index in [-0.39, 0.29) is 5.78 Å². The van der Waals surface area contributed by atoms with Crippen LogP contribution in [0.15, 0.2) is 48.5 Å². The zero-order valence-electron chi connectivity index (χ0n) is 14.4. The molecule has 0 saturated carbocycles. The highest BCUT2D eigenvalue weighted by Crippen LogP contribution is 2.20. The fourth-order valence-corrected chi connectivity index (χ4v) is 3.05. The molecule has 0 bridgehead atoms. The van der Waals surface area contributed by atoms with Gasteiger partial charge in [0.25, 0.3) is 0 Å². The standard InChI is InChI=1S/C20H24N2O2/c1-21-10-12-22(13-11-21)15-17-6-3-4-9-19(17)20(23)16-7-5-8-18(14-16)24-2/h3-9,14H,10-13,15H2,1-2H3. The molecule has 24 heavy (non-hydrogen) atoms. The molecule has 0 atom stereocenters. The minimum atomic E-state index is 0.0543. The van der Waals surface area contributed by atoms with Crippen LogP contribution in [0, 0.1) is 0 Å². The SMILES string of the molecule is COc1cccc(C(=O)c2ccccc2CN2CCN(C)CC2)c1. The van der Waals surface area contributed by atoms with Crippen LogP contribution in [0.4, 0.5) is 0 Å². The molecule has 1 heterocycles. The molecule has 1 aliphatic rings. The van der Waals surface area contributed by atoms with Gasteiger partial charge in [-0.15, -0.1) is 0 Å². The van der Waals surface area contributed by atoms with Crippen LogP contribution in [0.2, 0.25) is 0 Å². The van der Waals surface area contributed by atoms with Gasteiger partial charge in [-0.3, -0.25) is 9.69 Å². The van der Waals surface area contributed by atoms with Crippen molar-refractivity contribution in [2.75, 3.05) is 40.3 Å². The van der Waals surface area contributed by atoms with E-state index >= 15 is 0 Å². The maximum atomic E-state index is 12.9. The van der Waals surface area contributed by atoms with Crippen molar-refractivity contribution >= 4 is 5.78 Å². The van der Waals surface area contributed by atoms with Crippen LogP contribution in [0.3, 0.4) is 0 Å². The Morgan fingerprint density at radius 1 is 1.04 bits per heavy atom. The van der Waals surface area contributed by atoms with Crippen molar-refractivity contribution in [3.8, 4) is 5.75 Å². The summed E-state index contributed by atoms with van der Waals surface area (Å²) in [4.78, 5) is 17.7. The van der Waals surface area contributed by atoms with Crippen LogP contribution < -0.4 is 4.74 Å². The molecule has 2 aromatic carbocycles. The molecule has 0 aliphatic carbocycles. The van der Waals surface area contributed by atoms with Crippen molar-refractivity contribution in [2.45, 2.75) is 6.54 Å². The summed E-state index contributed by atoms with van der Waals surface area (Å²) in [7, 11) is 3.77. The van der Waals surface area contributed by atoms with Gasteiger partial charge in [0.1, 0.15) is 5.75 Å². The van der Waals surface area contributed by atoms with E-state index in [1.807, 2.05) is 36.4 Å². The molecule has 0 unspecified atom stereocenters. The molecule has 0 radical (unpaired) electrons. The van der Waals surface area contributed by atoms with E-state index in [4.69, 9.17) is 4.74 Å². The van der Waals surface area contributed by atoms with Gasteiger partial charge in [-0.1, -0.05) is 36.4 Å². The van der Waals surface area contributed by atoms with Crippen LogP contribution in [-0.4, -0.2) is 55.9 Å². The summed E-state index contributed by atoms with van der Waals surface area (Å²) in [6.07, 6.45) is 0. The van der Waals surface area contributed by atoms with Gasteiger partial charge in [0.2, 0.25) is 0 Å². The first-order valence-corrected chi connectivity index (χ1v) is 8.35. The van der Waals surface area contributed by atoms with Crippen LogP contribution in [0.25, 0.3) is 0 Å². The molecule has 1 aliphatic heterocycles. The topological polar surface area (TPSA) is 32.8 Å². The van der Waals surface area contributed by atoms with Crippen molar-refractivity contribution in [2.24, 2.45) is 0 Å². The highest BCUT2D eigenvalue weighted by molar-refractivity contribution is 6.10. The summed E-state index contributed by atoms with van der Waals surface area (Å²) < 4.78 is 5.24. The second-order valence-electron chi connectivity index (χ2n) is 6.30. The normalized spacial score (nSPS) is 16.1. The number of methoxy groups -OCH3 is 1. The summed E-state index contributed by atoms with van der Waals surface area (Å²) in [5.74, 6) is 0.760. The van der Waals surface area contributed by atoms with Crippen molar-refractivity contribution in [1.29, 1.82) is 0 Å². The number of carbonyl (C=O) groups is 1. The number of benzene rings is 2. The summed E-state index contributed by atoms with van der Waals surface area (Å²) in [5.41, 5.74) is 2.54. The van der Waals surface area contributed by atoms with Crippen molar-refractivity contribution in [3.63, 3.8) is 0 Å². The van der Waals surface area contributed by atoms with Gasteiger partial charge in [0.15, 0.2) is 5.78 Å². The molecule has 3 rings (SSSR count). The third-order valence-electron chi connectivity index (χ3n) is 4.58. The van der Waals surface area contributed by atoms with E-state index in [2.05, 4.69) is 22.9 Å². The molecule has 4 nitrogen and oxygen atoms in total. The molecule has 126 valence electrons. The average molecular weight is 324 g/mol. The van der Waals surface area contributed by atoms with Crippen LogP contribution in [0.5, 0.6) is 5.75 Å². The second-order valence-corrected chi connectivity index (χ2v) is 6.30. The summed E-state index contributed by atoms with van der Waals surface area (Å²) in [6.45, 7) is 5.05. The van der Waals surface area contributed by atoms with E-state index < -0.39 is 0 Å². The maximum absolute atomic E-state index is 12.9. The number of rotatable bonds is 5. The fraction of sp³-hybridized carbons (Fsp3) is 0.350. The first-order chi connectivity index (χ1) is 11.7. The lowest BCUT2D eigenvalue weighted by Crippen LogP contribution is -2.44. The molecule has 0 amide bonds. The molecule has 0 N–H and O–H groups in total. The van der Waals surface area contributed by atoms with Crippen LogP contribution in [-0.2, 0) is 6.54 Å². The zero-order chi connectivity index (χ0) is 16.9. The van der Waals surface area contributed by atoms with Gasteiger partial charge < -0.3 is 9.64 Å². The Hall–Kier alpha value is -2.17. The van der Waals surface area contributed by atoms with E-state index in [9.17, 15) is 4.79 Å². The Kier molecular flexibility index (Phi) is 5.28. The number of ketones is 1. The monoisotopic (exact) mass is 324 g/mol. The third kappa shape index (κ3) is 3.83. The van der Waals surface area contributed by atoms with Crippen molar-refractivity contribution in [3.05, 3.63) is 65.2 Å². The lowest BCUT2D eigenvalue weighted by molar-refractivity contribution is 0.103. The van der Waals surface area contributed by atoms with Crippen molar-refractivity contribution in [1.82, 2.24) is 9.80 Å². The summed E-state index contributed by atoms with van der Waals surface area (Å²) in [6, 6.07) is 15.3. The van der Waals surface area contributed by atoms with Gasteiger partial charge in [0.05, 0.1) is 7.11 Å². The van der Waals surface area contributed by atoms with E-state index in [1.54, 1.807) is 13.2 Å². The molecule has 1 saturated heterocycles. The van der Waals surface area contributed by atoms with Gasteiger partial charge in [0, 0.05) is 43.9 Å². The smallest absolute Gasteiger partial charge is 0.193 e. The lowest BCUT2D eigenvalue weighted by Gasteiger charge is -2.32. The minimum Gasteiger partial charge on any atom is -0.497 e. The molecule has 0 spiro atoms. The van der Waals surface area contributed by atoms with Crippen LogP contribution >= 0.6 is 0 Å². The molecule has 4 heteroatoms. The molecule has 1 fully saturated rings. The number of carbonyl (C=O) groups excluding carboxylic acids is 1. The Bertz CT molecular complexity index is 706. The highest BCUT2D eigenvalue weighted by Gasteiger charge is 2.18. The van der Waals surface area contributed by atoms with Gasteiger partial charge in [-0.2, -0.15) is 0 Å². The first kappa shape index (κ1) is 16.7. The van der Waals surface area contributed by atoms with Crippen molar-refractivity contribution < 1.29 is 9.53 Å². The predicted molar refractivity (Wildman–Crippen MR) is 95.6 cm³/mol. The average Bonchev–Trinajstić information content (AvgIpc) is 2.63. The Labute approximate surface area is 143 Å². The number of hydrogen-bond donors (Lipinski definition) is 0. The van der Waals surface area contributed by atoms with Crippen LogP contribution in [0.1, 0.15) is 21.5 Å². The highest BCUT2D eigenvalue weighted by atomic mass is 16.5. The summed E-state index contributed by atoms with van der Waals surface area (Å²) in [5, 5.41) is 0. The first-order valence-electron chi connectivity index (χ1n) is 8.35. The Morgan fingerprint density at radius 2 is 1.79 bits per heavy atom. The molecule has 2 aromatic rings. The fourth-order valence-electron chi connectivity index (χ4n) is 3.05. The lowest BCUT2D eigenvalue weighted by atomic mass is 9.97. The third-order valence-corrected chi connectivity index (χ3v) is 4.58. The number of hydrogen-bond acceptors (Lipinski definition) is 4. The number of likely N-dealkylation sites (N-methyl/N-ethyl adjacent to an activating group) is 1. The molecule has 0 aromatic heterocycles. The van der Waals surface area contributed by atoms with E-state index in [1.165, 1.54) is 0 Å². The zero-order valence-corrected chi connectivity index (χ0v) is 14.4.